The Morgan fingerprint density at radius 3 is 2.19 bits per heavy atom. The first kappa shape index (κ1) is 13.0. The Morgan fingerprint density at radius 1 is 1.38 bits per heavy atom. The number of carbonyl (C=O) groups is 2. The first-order valence-electron chi connectivity index (χ1n) is 6.01. The first-order valence-corrected chi connectivity index (χ1v) is 6.01. The molecule has 1 saturated carbocycles. The topological polar surface area (TPSA) is 66.4 Å². The minimum Gasteiger partial charge on any atom is -0.480 e. The van der Waals surface area contributed by atoms with Crippen LogP contribution in [0.3, 0.4) is 0 Å². The second-order valence-electron chi connectivity index (χ2n) is 4.77. The summed E-state index contributed by atoms with van der Waals surface area (Å²) in [6, 6.07) is 0.209. The Balaban J connectivity index is 2.84. The molecule has 1 rings (SSSR count). The Morgan fingerprint density at radius 2 is 1.88 bits per heavy atom. The van der Waals surface area contributed by atoms with Crippen molar-refractivity contribution in [2.75, 3.05) is 0 Å². The summed E-state index contributed by atoms with van der Waals surface area (Å²) in [7, 11) is 0. The summed E-state index contributed by atoms with van der Waals surface area (Å²) in [6.45, 7) is 5.41. The maximum Gasteiger partial charge on any atom is 0.319 e. The van der Waals surface area contributed by atoms with Gasteiger partial charge in [-0.15, -0.1) is 0 Å². The number of hydrogen-bond donors (Lipinski definition) is 2. The average Bonchev–Trinajstić information content (AvgIpc) is 3.02. The van der Waals surface area contributed by atoms with Gasteiger partial charge in [-0.05, 0) is 25.7 Å². The molecule has 92 valence electrons. The summed E-state index contributed by atoms with van der Waals surface area (Å²) < 4.78 is 0. The molecule has 0 saturated heterocycles. The Kier molecular flexibility index (Phi) is 3.94. The van der Waals surface area contributed by atoms with Gasteiger partial charge < -0.3 is 10.4 Å². The van der Waals surface area contributed by atoms with Crippen LogP contribution in [0.2, 0.25) is 0 Å². The molecule has 0 aromatic heterocycles. The van der Waals surface area contributed by atoms with E-state index in [0.29, 0.717) is 12.8 Å². The van der Waals surface area contributed by atoms with E-state index in [4.69, 9.17) is 0 Å². The molecule has 1 aliphatic rings. The van der Waals surface area contributed by atoms with Gasteiger partial charge in [0.1, 0.15) is 5.41 Å². The lowest BCUT2D eigenvalue weighted by molar-refractivity contribution is -0.159. The van der Waals surface area contributed by atoms with E-state index in [9.17, 15) is 14.7 Å². The predicted octanol–water partition coefficient (Wildman–Crippen LogP) is 1.79. The van der Waals surface area contributed by atoms with E-state index < -0.39 is 11.4 Å². The molecule has 4 nitrogen and oxygen atoms in total. The lowest BCUT2D eigenvalue weighted by atomic mass is 9.73. The number of amides is 1. The zero-order chi connectivity index (χ0) is 12.3. The van der Waals surface area contributed by atoms with Crippen molar-refractivity contribution in [3.63, 3.8) is 0 Å². The van der Waals surface area contributed by atoms with Gasteiger partial charge >= 0.3 is 5.97 Å². The zero-order valence-electron chi connectivity index (χ0n) is 10.2. The molecule has 1 atom stereocenters. The average molecular weight is 227 g/mol. The fourth-order valence-corrected chi connectivity index (χ4v) is 2.13. The number of carboxylic acids is 1. The maximum absolute atomic E-state index is 12.0. The highest BCUT2D eigenvalue weighted by Crippen LogP contribution is 2.34. The molecule has 0 radical (unpaired) electrons. The van der Waals surface area contributed by atoms with Crippen molar-refractivity contribution >= 4 is 11.9 Å². The standard InChI is InChI=1S/C12H21NO3/c1-4-8(5-2)12(3,11(15)16)10(14)13-9-6-7-9/h8-9H,4-7H2,1-3H3,(H,13,14)(H,15,16). The summed E-state index contributed by atoms with van der Waals surface area (Å²) in [5.41, 5.74) is -1.29. The Bertz CT molecular complexity index is 282. The van der Waals surface area contributed by atoms with Crippen LogP contribution in [0.1, 0.15) is 46.5 Å². The molecule has 0 aromatic rings. The van der Waals surface area contributed by atoms with Crippen LogP contribution in [0.4, 0.5) is 0 Å². The molecule has 0 bridgehead atoms. The molecule has 1 aliphatic carbocycles. The Labute approximate surface area is 96.4 Å². The number of rotatable bonds is 6. The van der Waals surface area contributed by atoms with E-state index in [2.05, 4.69) is 5.32 Å². The third-order valence-electron chi connectivity index (χ3n) is 3.63. The number of carboxylic acid groups (broad SMARTS) is 1. The van der Waals surface area contributed by atoms with E-state index in [1.165, 1.54) is 0 Å². The summed E-state index contributed by atoms with van der Waals surface area (Å²) in [5.74, 6) is -1.45. The van der Waals surface area contributed by atoms with Gasteiger partial charge in [-0.1, -0.05) is 26.7 Å². The lowest BCUT2D eigenvalue weighted by Crippen LogP contribution is -2.49. The monoisotopic (exact) mass is 227 g/mol. The van der Waals surface area contributed by atoms with Gasteiger partial charge in [-0.25, -0.2) is 0 Å². The predicted molar refractivity (Wildman–Crippen MR) is 61.0 cm³/mol. The number of nitrogens with one attached hydrogen (secondary N) is 1. The fraction of sp³-hybridized carbons (Fsp3) is 0.833. The SMILES string of the molecule is CCC(CC)C(C)(C(=O)O)C(=O)NC1CC1. The third kappa shape index (κ3) is 2.36. The van der Waals surface area contributed by atoms with Gasteiger partial charge in [0.2, 0.25) is 5.91 Å². The van der Waals surface area contributed by atoms with Gasteiger partial charge in [0.15, 0.2) is 0 Å². The van der Waals surface area contributed by atoms with Crippen molar-refractivity contribution in [3.05, 3.63) is 0 Å². The van der Waals surface area contributed by atoms with Crippen molar-refractivity contribution in [3.8, 4) is 0 Å². The highest BCUT2D eigenvalue weighted by molar-refractivity contribution is 6.02. The number of hydrogen-bond acceptors (Lipinski definition) is 2. The van der Waals surface area contributed by atoms with Gasteiger partial charge in [-0.3, -0.25) is 9.59 Å². The molecule has 1 fully saturated rings. The molecule has 16 heavy (non-hydrogen) atoms. The van der Waals surface area contributed by atoms with Crippen LogP contribution < -0.4 is 5.32 Å². The minimum absolute atomic E-state index is 0.108. The molecule has 0 aliphatic heterocycles. The quantitative estimate of drug-likeness (QED) is 0.680. The van der Waals surface area contributed by atoms with Crippen LogP contribution in [0.5, 0.6) is 0 Å². The smallest absolute Gasteiger partial charge is 0.319 e. The van der Waals surface area contributed by atoms with Crippen LogP contribution in [0.25, 0.3) is 0 Å². The van der Waals surface area contributed by atoms with Crippen molar-refractivity contribution in [1.82, 2.24) is 5.32 Å². The molecular weight excluding hydrogens is 206 g/mol. The van der Waals surface area contributed by atoms with Crippen molar-refractivity contribution in [2.24, 2.45) is 11.3 Å². The fourth-order valence-electron chi connectivity index (χ4n) is 2.13. The summed E-state index contributed by atoms with van der Waals surface area (Å²) in [6.07, 6.45) is 3.36. The zero-order valence-corrected chi connectivity index (χ0v) is 10.2. The molecule has 0 aromatic carbocycles. The highest BCUT2D eigenvalue weighted by Gasteiger charge is 2.47. The van der Waals surface area contributed by atoms with E-state index >= 15 is 0 Å². The molecule has 2 N–H and O–H groups in total. The molecule has 0 heterocycles. The number of carbonyl (C=O) groups excluding carboxylic acids is 1. The van der Waals surface area contributed by atoms with Crippen LogP contribution in [-0.4, -0.2) is 23.0 Å². The van der Waals surface area contributed by atoms with Gasteiger partial charge in [0.05, 0.1) is 0 Å². The first-order chi connectivity index (χ1) is 7.46. The van der Waals surface area contributed by atoms with E-state index in [0.717, 1.165) is 12.8 Å². The van der Waals surface area contributed by atoms with Crippen molar-refractivity contribution in [1.29, 1.82) is 0 Å². The van der Waals surface area contributed by atoms with Crippen LogP contribution in [0, 0.1) is 11.3 Å². The molecule has 1 unspecified atom stereocenters. The van der Waals surface area contributed by atoms with Crippen LogP contribution >= 0.6 is 0 Å². The Hall–Kier alpha value is -1.06. The van der Waals surface area contributed by atoms with Gasteiger partial charge in [0, 0.05) is 6.04 Å². The highest BCUT2D eigenvalue weighted by atomic mass is 16.4. The number of aliphatic carboxylic acids is 1. The third-order valence-corrected chi connectivity index (χ3v) is 3.63. The largest absolute Gasteiger partial charge is 0.480 e. The molecule has 1 amide bonds. The van der Waals surface area contributed by atoms with Crippen molar-refractivity contribution in [2.45, 2.75) is 52.5 Å². The summed E-state index contributed by atoms with van der Waals surface area (Å²) in [4.78, 5) is 23.4. The van der Waals surface area contributed by atoms with Gasteiger partial charge in [-0.2, -0.15) is 0 Å². The van der Waals surface area contributed by atoms with Crippen LogP contribution in [0.15, 0.2) is 0 Å². The second kappa shape index (κ2) is 4.85. The van der Waals surface area contributed by atoms with E-state index in [1.54, 1.807) is 6.92 Å². The van der Waals surface area contributed by atoms with Gasteiger partial charge in [0.25, 0.3) is 0 Å². The van der Waals surface area contributed by atoms with E-state index in [1.807, 2.05) is 13.8 Å². The maximum atomic E-state index is 12.0. The van der Waals surface area contributed by atoms with Crippen LogP contribution in [-0.2, 0) is 9.59 Å². The lowest BCUT2D eigenvalue weighted by Gasteiger charge is -2.31. The molecule has 4 heteroatoms. The van der Waals surface area contributed by atoms with Crippen molar-refractivity contribution < 1.29 is 14.7 Å². The molecular formula is C12H21NO3. The summed E-state index contributed by atoms with van der Waals surface area (Å²) in [5, 5.41) is 12.1. The molecule has 0 spiro atoms. The van der Waals surface area contributed by atoms with E-state index in [-0.39, 0.29) is 17.9 Å². The second-order valence-corrected chi connectivity index (χ2v) is 4.77. The normalized spacial score (nSPS) is 19.2. The summed E-state index contributed by atoms with van der Waals surface area (Å²) >= 11 is 0. The minimum atomic E-state index is -1.29.